The molecule has 0 bridgehead atoms. The van der Waals surface area contributed by atoms with Crippen LogP contribution in [0.3, 0.4) is 0 Å². The van der Waals surface area contributed by atoms with Crippen molar-refractivity contribution < 1.29 is 53.4 Å². The zero-order valence-electron chi connectivity index (χ0n) is 30.2. The third kappa shape index (κ3) is 17.5. The fraction of sp³-hybridized carbons (Fsp3) is 0.710. The summed E-state index contributed by atoms with van der Waals surface area (Å²) in [5, 5.41) is 36.7. The smallest absolute Gasteiger partial charge is 0.303 e. The molecule has 8 atom stereocenters. The normalized spacial score (nSPS) is 22.9. The number of aliphatic carboxylic acids is 1. The number of amides is 8. The Hall–Kier alpha value is -4.15. The summed E-state index contributed by atoms with van der Waals surface area (Å²) in [6.07, 6.45) is -0.624. The standard InChI is InChI=1S/C31H53N9O11S2/c1-5-15(2)24-31(51)38-20(28(48)36-18(26(33)46)9-10-23(44)45)13-52-53-14-21(37-27(47)19(35-17(4)42)8-6-7-11-32)29(49)40-25(16(3)41)30(50)34-12-22(43)39-24/h15-16,18-21,24-25,41H,5-14,32H2,1-4H3,(H2,33,46)(H,34,50)(H,35,42)(H,36,48)(H,37,47)(H,38,51)(H,39,43)(H,40,49)(H,44,45)/t15-,16+,18-,19-,20-,21-,24-,25-/m0/s1. The van der Waals surface area contributed by atoms with Crippen LogP contribution in [-0.4, -0.2) is 130 Å². The molecular formula is C31H53N9O11S2. The van der Waals surface area contributed by atoms with Crippen LogP contribution in [0.5, 0.6) is 0 Å². The van der Waals surface area contributed by atoms with E-state index in [2.05, 4.69) is 37.2 Å². The first kappa shape index (κ1) is 46.9. The summed E-state index contributed by atoms with van der Waals surface area (Å²) in [6, 6.07) is -7.94. The molecule has 53 heavy (non-hydrogen) atoms. The average molecular weight is 792 g/mol. The van der Waals surface area contributed by atoms with Crippen LogP contribution in [0, 0.1) is 5.92 Å². The molecule has 1 heterocycles. The van der Waals surface area contributed by atoms with Crippen LogP contribution in [0.2, 0.25) is 0 Å². The van der Waals surface area contributed by atoms with E-state index in [0.29, 0.717) is 25.8 Å². The number of aliphatic hydroxyl groups excluding tert-OH is 1. The van der Waals surface area contributed by atoms with Gasteiger partial charge in [0.05, 0.1) is 12.6 Å². The Kier molecular flexibility index (Phi) is 21.4. The van der Waals surface area contributed by atoms with E-state index in [1.165, 1.54) is 13.8 Å². The lowest BCUT2D eigenvalue weighted by atomic mass is 9.98. The summed E-state index contributed by atoms with van der Waals surface area (Å²) in [7, 11) is 1.96. The average Bonchev–Trinajstić information content (AvgIpc) is 3.08. The molecule has 0 radical (unpaired) electrons. The van der Waals surface area contributed by atoms with Gasteiger partial charge in [-0.05, 0) is 45.1 Å². The van der Waals surface area contributed by atoms with E-state index in [4.69, 9.17) is 16.6 Å². The van der Waals surface area contributed by atoms with Gasteiger partial charge >= 0.3 is 5.97 Å². The number of nitrogens with one attached hydrogen (secondary N) is 7. The van der Waals surface area contributed by atoms with E-state index in [9.17, 15) is 48.3 Å². The molecule has 0 unspecified atom stereocenters. The number of rotatable bonds is 16. The highest BCUT2D eigenvalue weighted by molar-refractivity contribution is 8.76. The minimum atomic E-state index is -1.57. The summed E-state index contributed by atoms with van der Waals surface area (Å²) in [6.45, 7) is 5.56. The van der Waals surface area contributed by atoms with E-state index in [-0.39, 0.29) is 24.3 Å². The number of carboxylic acids is 1. The van der Waals surface area contributed by atoms with Gasteiger partial charge in [0.25, 0.3) is 0 Å². The Morgan fingerprint density at radius 3 is 2.11 bits per heavy atom. The number of hydrogen-bond acceptors (Lipinski definition) is 13. The third-order valence-electron chi connectivity index (χ3n) is 8.06. The fourth-order valence-corrected chi connectivity index (χ4v) is 7.16. The maximum atomic E-state index is 13.6. The van der Waals surface area contributed by atoms with Crippen LogP contribution in [0.4, 0.5) is 0 Å². The Morgan fingerprint density at radius 2 is 1.55 bits per heavy atom. The van der Waals surface area contributed by atoms with Crippen molar-refractivity contribution in [3.8, 4) is 0 Å². The molecule has 1 rings (SSSR count). The van der Waals surface area contributed by atoms with E-state index in [1.807, 2.05) is 0 Å². The van der Waals surface area contributed by atoms with Gasteiger partial charge in [-0.15, -0.1) is 0 Å². The van der Waals surface area contributed by atoms with Gasteiger partial charge in [0.2, 0.25) is 47.3 Å². The van der Waals surface area contributed by atoms with Gasteiger partial charge < -0.3 is 58.9 Å². The Morgan fingerprint density at radius 1 is 0.887 bits per heavy atom. The van der Waals surface area contributed by atoms with Gasteiger partial charge in [0, 0.05) is 24.9 Å². The van der Waals surface area contributed by atoms with E-state index < -0.39 is 114 Å². The lowest BCUT2D eigenvalue weighted by Crippen LogP contribution is -2.60. The van der Waals surface area contributed by atoms with Crippen LogP contribution in [-0.2, 0) is 43.2 Å². The quantitative estimate of drug-likeness (QED) is 0.0530. The second-order valence-corrected chi connectivity index (χ2v) is 15.1. The van der Waals surface area contributed by atoms with Gasteiger partial charge in [-0.1, -0.05) is 41.9 Å². The Labute approximate surface area is 315 Å². The summed E-state index contributed by atoms with van der Waals surface area (Å²) in [4.78, 5) is 115. The zero-order valence-corrected chi connectivity index (χ0v) is 31.9. The number of hydrogen-bond donors (Lipinski definition) is 11. The molecule has 0 aromatic rings. The van der Waals surface area contributed by atoms with Crippen molar-refractivity contribution in [3.05, 3.63) is 0 Å². The number of unbranched alkanes of at least 4 members (excludes halogenated alkanes) is 1. The second-order valence-electron chi connectivity index (χ2n) is 12.5. The van der Waals surface area contributed by atoms with Crippen molar-refractivity contribution in [3.63, 3.8) is 0 Å². The summed E-state index contributed by atoms with van der Waals surface area (Å²) < 4.78 is 0. The zero-order chi connectivity index (χ0) is 40.2. The van der Waals surface area contributed by atoms with Gasteiger partial charge in [-0.25, -0.2) is 0 Å². The minimum Gasteiger partial charge on any atom is -0.481 e. The first-order valence-corrected chi connectivity index (χ1v) is 19.6. The number of carboxylic acid groups (broad SMARTS) is 1. The molecule has 1 aliphatic heterocycles. The predicted molar refractivity (Wildman–Crippen MR) is 195 cm³/mol. The molecule has 22 heteroatoms. The maximum absolute atomic E-state index is 13.6. The van der Waals surface area contributed by atoms with E-state index in [0.717, 1.165) is 21.6 Å². The molecule has 0 spiro atoms. The van der Waals surface area contributed by atoms with Crippen LogP contribution in [0.15, 0.2) is 0 Å². The molecule has 20 nitrogen and oxygen atoms in total. The summed E-state index contributed by atoms with van der Waals surface area (Å²) in [5.41, 5.74) is 10.9. The minimum absolute atomic E-state index is 0.188. The lowest BCUT2D eigenvalue weighted by Gasteiger charge is -2.27. The molecule has 300 valence electrons. The number of nitrogens with two attached hydrogens (primary N) is 2. The molecule has 1 aliphatic rings. The first-order valence-electron chi connectivity index (χ1n) is 17.1. The number of primary amides is 1. The largest absolute Gasteiger partial charge is 0.481 e. The van der Waals surface area contributed by atoms with Crippen molar-refractivity contribution in [1.29, 1.82) is 0 Å². The third-order valence-corrected chi connectivity index (χ3v) is 10.5. The fourth-order valence-electron chi connectivity index (χ4n) is 4.83. The molecule has 13 N–H and O–H groups in total. The summed E-state index contributed by atoms with van der Waals surface area (Å²) >= 11 is 0. The van der Waals surface area contributed by atoms with Gasteiger partial charge in [0.1, 0.15) is 36.3 Å². The molecule has 0 aliphatic carbocycles. The molecule has 0 aromatic heterocycles. The highest BCUT2D eigenvalue weighted by atomic mass is 33.1. The molecular weight excluding hydrogens is 739 g/mol. The highest BCUT2D eigenvalue weighted by Crippen LogP contribution is 2.24. The predicted octanol–water partition coefficient (Wildman–Crippen LogP) is -3.67. The number of carbonyl (C=O) groups excluding carboxylic acids is 8. The second kappa shape index (κ2) is 24.2. The SMILES string of the molecule is CC[C@H](C)[C@@H]1NC(=O)CNC(=O)[C@H]([C@@H](C)O)NC(=O)[C@@H](NC(=O)[C@H](CCCCN)NC(C)=O)CSSC[C@@H](C(=O)N[C@@H](CCC(=O)O)C(N)=O)NC1=O. The van der Waals surface area contributed by atoms with E-state index in [1.54, 1.807) is 13.8 Å². The van der Waals surface area contributed by atoms with Crippen LogP contribution in [0.1, 0.15) is 66.2 Å². The molecule has 1 saturated heterocycles. The van der Waals surface area contributed by atoms with Crippen LogP contribution < -0.4 is 48.7 Å². The van der Waals surface area contributed by atoms with Crippen molar-refractivity contribution >= 4 is 74.8 Å². The van der Waals surface area contributed by atoms with Gasteiger partial charge in [-0.3, -0.25) is 43.2 Å². The first-order chi connectivity index (χ1) is 24.9. The van der Waals surface area contributed by atoms with E-state index >= 15 is 0 Å². The van der Waals surface area contributed by atoms with Crippen molar-refractivity contribution in [2.45, 2.75) is 109 Å². The monoisotopic (exact) mass is 791 g/mol. The number of aliphatic hydroxyl groups is 1. The molecule has 0 aromatic carbocycles. The molecule has 0 saturated carbocycles. The molecule has 1 fully saturated rings. The molecule has 8 amide bonds. The van der Waals surface area contributed by atoms with Gasteiger partial charge in [-0.2, -0.15) is 0 Å². The lowest BCUT2D eigenvalue weighted by molar-refractivity contribution is -0.138. The Bertz CT molecular complexity index is 1320. The highest BCUT2D eigenvalue weighted by Gasteiger charge is 2.34. The number of carbonyl (C=O) groups is 9. The van der Waals surface area contributed by atoms with Crippen molar-refractivity contribution in [2.24, 2.45) is 17.4 Å². The maximum Gasteiger partial charge on any atom is 0.303 e. The Balaban J connectivity index is 3.52. The topological polar surface area (TPSA) is 330 Å². The van der Waals surface area contributed by atoms with Crippen molar-refractivity contribution in [2.75, 3.05) is 24.6 Å². The van der Waals surface area contributed by atoms with Gasteiger partial charge in [0.15, 0.2) is 0 Å². The van der Waals surface area contributed by atoms with Crippen LogP contribution in [0.25, 0.3) is 0 Å². The van der Waals surface area contributed by atoms with Crippen molar-refractivity contribution in [1.82, 2.24) is 37.2 Å². The van der Waals surface area contributed by atoms with Crippen LogP contribution >= 0.6 is 21.6 Å². The summed E-state index contributed by atoms with van der Waals surface area (Å²) in [5.74, 6) is -8.63.